The molecule has 0 aliphatic carbocycles. The monoisotopic (exact) mass is 401 g/mol. The molecule has 4 heteroatoms. The van der Waals surface area contributed by atoms with Crippen molar-refractivity contribution in [2.75, 3.05) is 13.1 Å². The van der Waals surface area contributed by atoms with Crippen LogP contribution in [-0.2, 0) is 17.9 Å². The largest absolute Gasteiger partial charge is 0.352 e. The van der Waals surface area contributed by atoms with E-state index in [4.69, 9.17) is 0 Å². The highest BCUT2D eigenvalue weighted by molar-refractivity contribution is 9.10. The van der Waals surface area contributed by atoms with E-state index in [-0.39, 0.29) is 11.8 Å². The van der Waals surface area contributed by atoms with Crippen molar-refractivity contribution in [2.24, 2.45) is 5.92 Å². The van der Waals surface area contributed by atoms with Crippen molar-refractivity contribution < 1.29 is 9.69 Å². The van der Waals surface area contributed by atoms with Gasteiger partial charge in [-0.15, -0.1) is 0 Å². The molecule has 0 aromatic heterocycles. The highest BCUT2D eigenvalue weighted by atomic mass is 79.9. The summed E-state index contributed by atoms with van der Waals surface area (Å²) in [5, 5.41) is 3.11. The van der Waals surface area contributed by atoms with E-state index in [1.54, 1.807) is 4.90 Å². The smallest absolute Gasteiger partial charge is 0.223 e. The number of aryl methyl sites for hydroxylation is 1. The molecule has 1 aliphatic heterocycles. The maximum absolute atomic E-state index is 12.4. The summed E-state index contributed by atoms with van der Waals surface area (Å²) in [5.74, 6) is 0.377. The van der Waals surface area contributed by atoms with Crippen LogP contribution in [0.1, 0.15) is 29.5 Å². The molecule has 2 aromatic carbocycles. The molecule has 0 unspecified atom stereocenters. The number of piperidine rings is 1. The first-order valence-electron chi connectivity index (χ1n) is 9.01. The lowest BCUT2D eigenvalue weighted by Crippen LogP contribution is -3.11. The minimum Gasteiger partial charge on any atom is -0.352 e. The lowest BCUT2D eigenvalue weighted by molar-refractivity contribution is -0.919. The Morgan fingerprint density at radius 2 is 1.64 bits per heavy atom. The van der Waals surface area contributed by atoms with E-state index in [1.807, 2.05) is 0 Å². The van der Waals surface area contributed by atoms with E-state index < -0.39 is 0 Å². The van der Waals surface area contributed by atoms with Gasteiger partial charge in [-0.2, -0.15) is 0 Å². The Hall–Kier alpha value is -1.65. The fourth-order valence-corrected chi connectivity index (χ4v) is 3.66. The number of rotatable bonds is 5. The molecule has 1 aliphatic rings. The molecule has 1 heterocycles. The molecule has 0 saturated carbocycles. The molecule has 0 atom stereocenters. The highest BCUT2D eigenvalue weighted by Gasteiger charge is 2.27. The standard InChI is InChI=1S/C21H25BrN2O/c1-16-2-4-17(5-3-16)14-23-21(25)19-10-12-24(13-11-19)15-18-6-8-20(22)9-7-18/h2-9,19H,10-15H2,1H3,(H,23,25)/p+1. The zero-order valence-corrected chi connectivity index (χ0v) is 16.3. The Morgan fingerprint density at radius 1 is 1.04 bits per heavy atom. The van der Waals surface area contributed by atoms with Crippen LogP contribution in [0.5, 0.6) is 0 Å². The molecular weight excluding hydrogens is 376 g/mol. The van der Waals surface area contributed by atoms with Gasteiger partial charge in [-0.3, -0.25) is 4.79 Å². The fourth-order valence-electron chi connectivity index (χ4n) is 3.40. The predicted octanol–water partition coefficient (Wildman–Crippen LogP) is 2.87. The molecule has 0 radical (unpaired) electrons. The van der Waals surface area contributed by atoms with Crippen LogP contribution in [0.2, 0.25) is 0 Å². The lowest BCUT2D eigenvalue weighted by Gasteiger charge is -2.28. The number of benzene rings is 2. The molecule has 2 aromatic rings. The Bertz CT molecular complexity index is 689. The summed E-state index contributed by atoms with van der Waals surface area (Å²) in [7, 11) is 0. The van der Waals surface area contributed by atoms with Crippen molar-refractivity contribution >= 4 is 21.8 Å². The molecule has 0 bridgehead atoms. The second kappa shape index (κ2) is 8.63. The first-order valence-corrected chi connectivity index (χ1v) is 9.81. The SMILES string of the molecule is Cc1ccc(CNC(=O)C2CC[NH+](Cc3ccc(Br)cc3)CC2)cc1. The van der Waals surface area contributed by atoms with Crippen molar-refractivity contribution in [1.82, 2.24) is 5.32 Å². The number of carbonyl (C=O) groups excluding carboxylic acids is 1. The topological polar surface area (TPSA) is 33.5 Å². The van der Waals surface area contributed by atoms with Crippen LogP contribution in [0.3, 0.4) is 0 Å². The molecule has 2 N–H and O–H groups in total. The summed E-state index contributed by atoms with van der Waals surface area (Å²) in [5.41, 5.74) is 3.77. The van der Waals surface area contributed by atoms with E-state index in [0.29, 0.717) is 6.54 Å². The van der Waals surface area contributed by atoms with E-state index in [2.05, 4.69) is 76.7 Å². The zero-order chi connectivity index (χ0) is 17.6. The summed E-state index contributed by atoms with van der Waals surface area (Å²) < 4.78 is 1.12. The molecule has 1 amide bonds. The molecule has 3 rings (SSSR count). The third-order valence-electron chi connectivity index (χ3n) is 5.02. The van der Waals surface area contributed by atoms with Crippen LogP contribution in [-0.4, -0.2) is 19.0 Å². The second-order valence-electron chi connectivity index (χ2n) is 7.03. The van der Waals surface area contributed by atoms with Gasteiger partial charge in [-0.1, -0.05) is 57.9 Å². The Kier molecular flexibility index (Phi) is 6.27. The van der Waals surface area contributed by atoms with E-state index in [9.17, 15) is 4.79 Å². The average Bonchev–Trinajstić information content (AvgIpc) is 2.63. The maximum Gasteiger partial charge on any atom is 0.223 e. The van der Waals surface area contributed by atoms with E-state index >= 15 is 0 Å². The lowest BCUT2D eigenvalue weighted by atomic mass is 9.95. The molecule has 25 heavy (non-hydrogen) atoms. The number of hydrogen-bond acceptors (Lipinski definition) is 1. The molecular formula is C21H26BrN2O+. The number of likely N-dealkylation sites (tertiary alicyclic amines) is 1. The normalized spacial score (nSPS) is 20.2. The van der Waals surface area contributed by atoms with Crippen molar-refractivity contribution in [1.29, 1.82) is 0 Å². The predicted molar refractivity (Wildman–Crippen MR) is 104 cm³/mol. The average molecular weight is 402 g/mol. The van der Waals surface area contributed by atoms with Gasteiger partial charge in [-0.05, 0) is 24.6 Å². The third-order valence-corrected chi connectivity index (χ3v) is 5.55. The van der Waals surface area contributed by atoms with Gasteiger partial charge in [0.15, 0.2) is 0 Å². The maximum atomic E-state index is 12.4. The Morgan fingerprint density at radius 3 is 2.28 bits per heavy atom. The fraction of sp³-hybridized carbons (Fsp3) is 0.381. The summed E-state index contributed by atoms with van der Waals surface area (Å²) >= 11 is 3.48. The number of halogens is 1. The number of amides is 1. The molecule has 1 saturated heterocycles. The first kappa shape index (κ1) is 18.2. The zero-order valence-electron chi connectivity index (χ0n) is 14.7. The van der Waals surface area contributed by atoms with Gasteiger partial charge in [0.1, 0.15) is 6.54 Å². The van der Waals surface area contributed by atoms with E-state index in [1.165, 1.54) is 11.1 Å². The minimum absolute atomic E-state index is 0.166. The summed E-state index contributed by atoms with van der Waals surface area (Å²) in [6.45, 7) is 5.89. The number of hydrogen-bond donors (Lipinski definition) is 2. The van der Waals surface area contributed by atoms with Gasteiger partial charge in [0.05, 0.1) is 13.1 Å². The number of carbonyl (C=O) groups is 1. The molecule has 1 fully saturated rings. The van der Waals surface area contributed by atoms with Crippen LogP contribution in [0.15, 0.2) is 53.0 Å². The summed E-state index contributed by atoms with van der Waals surface area (Å²) in [6.07, 6.45) is 1.96. The summed E-state index contributed by atoms with van der Waals surface area (Å²) in [6, 6.07) is 16.9. The number of nitrogens with one attached hydrogen (secondary N) is 2. The van der Waals surface area contributed by atoms with Crippen LogP contribution in [0, 0.1) is 12.8 Å². The first-order chi connectivity index (χ1) is 12.1. The van der Waals surface area contributed by atoms with Crippen LogP contribution < -0.4 is 10.2 Å². The highest BCUT2D eigenvalue weighted by Crippen LogP contribution is 2.12. The van der Waals surface area contributed by atoms with Crippen molar-refractivity contribution in [3.05, 3.63) is 69.7 Å². The van der Waals surface area contributed by atoms with Crippen molar-refractivity contribution in [3.8, 4) is 0 Å². The van der Waals surface area contributed by atoms with Crippen molar-refractivity contribution in [2.45, 2.75) is 32.9 Å². The van der Waals surface area contributed by atoms with Crippen LogP contribution in [0.4, 0.5) is 0 Å². The second-order valence-corrected chi connectivity index (χ2v) is 7.95. The number of quaternary nitrogens is 1. The van der Waals surface area contributed by atoms with Gasteiger partial charge in [0.25, 0.3) is 0 Å². The molecule has 3 nitrogen and oxygen atoms in total. The van der Waals surface area contributed by atoms with Crippen LogP contribution in [0.25, 0.3) is 0 Å². The Balaban J connectivity index is 1.42. The van der Waals surface area contributed by atoms with Gasteiger partial charge in [0.2, 0.25) is 5.91 Å². The van der Waals surface area contributed by atoms with Crippen molar-refractivity contribution in [3.63, 3.8) is 0 Å². The van der Waals surface area contributed by atoms with Gasteiger partial charge >= 0.3 is 0 Å². The summed E-state index contributed by atoms with van der Waals surface area (Å²) in [4.78, 5) is 14.0. The Labute approximate surface area is 158 Å². The van der Waals surface area contributed by atoms with Crippen LogP contribution >= 0.6 is 15.9 Å². The molecule has 0 spiro atoms. The van der Waals surface area contributed by atoms with Gasteiger partial charge in [-0.25, -0.2) is 0 Å². The third kappa shape index (κ3) is 5.41. The quantitative estimate of drug-likeness (QED) is 0.793. The molecule has 132 valence electrons. The van der Waals surface area contributed by atoms with Gasteiger partial charge in [0, 0.05) is 35.3 Å². The minimum atomic E-state index is 0.166. The van der Waals surface area contributed by atoms with E-state index in [0.717, 1.165) is 42.5 Å². The van der Waals surface area contributed by atoms with Gasteiger partial charge < -0.3 is 10.2 Å².